The first-order valence-electron chi connectivity index (χ1n) is 5.75. The number of nitrogens with one attached hydrogen (secondary N) is 1. The predicted molar refractivity (Wildman–Crippen MR) is 72.0 cm³/mol. The van der Waals surface area contributed by atoms with Crippen molar-refractivity contribution in [2.75, 3.05) is 17.6 Å². The van der Waals surface area contributed by atoms with Gasteiger partial charge in [0.1, 0.15) is 0 Å². The number of hydrogen-bond acceptors (Lipinski definition) is 3. The Bertz CT molecular complexity index is 480. The van der Waals surface area contributed by atoms with Crippen LogP contribution in [-0.4, -0.2) is 11.5 Å². The van der Waals surface area contributed by atoms with E-state index in [0.29, 0.717) is 0 Å². The topological polar surface area (TPSA) is 50.9 Å². The number of nitrogen functional groups attached to an aromatic ring is 1. The monoisotopic (exact) mass is 227 g/mol. The van der Waals surface area contributed by atoms with Gasteiger partial charge in [0.15, 0.2) is 0 Å². The molecule has 3 nitrogen and oxygen atoms in total. The highest BCUT2D eigenvalue weighted by Crippen LogP contribution is 2.17. The first kappa shape index (κ1) is 11.5. The van der Waals surface area contributed by atoms with E-state index in [1.807, 2.05) is 42.6 Å². The minimum absolute atomic E-state index is 0.788. The fourth-order valence-electron chi connectivity index (χ4n) is 1.70. The van der Waals surface area contributed by atoms with Crippen LogP contribution in [0.2, 0.25) is 0 Å². The summed E-state index contributed by atoms with van der Waals surface area (Å²) in [6, 6.07) is 11.9. The Morgan fingerprint density at radius 1 is 1.24 bits per heavy atom. The van der Waals surface area contributed by atoms with Crippen molar-refractivity contribution in [3.63, 3.8) is 0 Å². The van der Waals surface area contributed by atoms with Crippen molar-refractivity contribution < 1.29 is 0 Å². The van der Waals surface area contributed by atoms with Crippen LogP contribution in [0.4, 0.5) is 11.4 Å². The molecule has 3 heteroatoms. The Morgan fingerprint density at radius 3 is 2.88 bits per heavy atom. The number of rotatable bonds is 4. The third-order valence-electron chi connectivity index (χ3n) is 2.68. The van der Waals surface area contributed by atoms with Gasteiger partial charge in [-0.25, -0.2) is 0 Å². The summed E-state index contributed by atoms with van der Waals surface area (Å²) in [5.41, 5.74) is 9.95. The first-order chi connectivity index (χ1) is 8.25. The Hall–Kier alpha value is -2.03. The van der Waals surface area contributed by atoms with E-state index in [2.05, 4.69) is 17.2 Å². The standard InChI is InChI=1S/C14H17N3/c1-11-5-6-12(15)10-14(11)17-9-7-13-4-2-3-8-16-13/h2-6,8,10,17H,7,9,15H2,1H3. The average molecular weight is 227 g/mol. The fourth-order valence-corrected chi connectivity index (χ4v) is 1.70. The van der Waals surface area contributed by atoms with Crippen LogP contribution in [0.1, 0.15) is 11.3 Å². The van der Waals surface area contributed by atoms with Crippen LogP contribution in [0.25, 0.3) is 0 Å². The van der Waals surface area contributed by atoms with Crippen LogP contribution in [0.3, 0.4) is 0 Å². The normalized spacial score (nSPS) is 10.2. The second-order valence-electron chi connectivity index (χ2n) is 4.07. The van der Waals surface area contributed by atoms with E-state index < -0.39 is 0 Å². The molecule has 0 amide bonds. The molecule has 0 spiro atoms. The number of nitrogens with two attached hydrogens (primary N) is 1. The van der Waals surface area contributed by atoms with E-state index in [1.165, 1.54) is 5.56 Å². The van der Waals surface area contributed by atoms with Crippen molar-refractivity contribution in [2.24, 2.45) is 0 Å². The minimum Gasteiger partial charge on any atom is -0.399 e. The van der Waals surface area contributed by atoms with Crippen molar-refractivity contribution in [1.29, 1.82) is 0 Å². The predicted octanol–water partition coefficient (Wildman–Crippen LogP) is 2.63. The van der Waals surface area contributed by atoms with Crippen LogP contribution < -0.4 is 11.1 Å². The molecule has 0 unspecified atom stereocenters. The first-order valence-corrected chi connectivity index (χ1v) is 5.75. The Balaban J connectivity index is 1.92. The van der Waals surface area contributed by atoms with Gasteiger partial charge in [-0.15, -0.1) is 0 Å². The van der Waals surface area contributed by atoms with Gasteiger partial charge < -0.3 is 11.1 Å². The second kappa shape index (κ2) is 5.34. The molecule has 0 aliphatic carbocycles. The molecule has 0 radical (unpaired) electrons. The lowest BCUT2D eigenvalue weighted by molar-refractivity contribution is 0.960. The largest absolute Gasteiger partial charge is 0.399 e. The molecule has 0 aliphatic heterocycles. The minimum atomic E-state index is 0.788. The van der Waals surface area contributed by atoms with Crippen LogP contribution in [0.15, 0.2) is 42.6 Å². The van der Waals surface area contributed by atoms with E-state index in [4.69, 9.17) is 5.73 Å². The number of aromatic nitrogens is 1. The maximum absolute atomic E-state index is 5.76. The number of aryl methyl sites for hydroxylation is 1. The quantitative estimate of drug-likeness (QED) is 0.789. The molecule has 0 fully saturated rings. The molecule has 3 N–H and O–H groups in total. The van der Waals surface area contributed by atoms with Crippen LogP contribution in [-0.2, 0) is 6.42 Å². The summed E-state index contributed by atoms with van der Waals surface area (Å²) in [7, 11) is 0. The lowest BCUT2D eigenvalue weighted by atomic mass is 10.1. The Labute approximate surface area is 102 Å². The van der Waals surface area contributed by atoms with Gasteiger partial charge in [-0.3, -0.25) is 4.98 Å². The zero-order valence-electron chi connectivity index (χ0n) is 9.98. The van der Waals surface area contributed by atoms with Gasteiger partial charge in [0.05, 0.1) is 0 Å². The summed E-state index contributed by atoms with van der Waals surface area (Å²) in [6.07, 6.45) is 2.73. The molecule has 88 valence electrons. The molecule has 0 bridgehead atoms. The van der Waals surface area contributed by atoms with E-state index in [1.54, 1.807) is 0 Å². The summed E-state index contributed by atoms with van der Waals surface area (Å²) >= 11 is 0. The van der Waals surface area contributed by atoms with E-state index in [9.17, 15) is 0 Å². The molecule has 2 rings (SSSR count). The van der Waals surface area contributed by atoms with Crippen LogP contribution >= 0.6 is 0 Å². The number of hydrogen-bond donors (Lipinski definition) is 2. The summed E-state index contributed by atoms with van der Waals surface area (Å²) in [5.74, 6) is 0. The summed E-state index contributed by atoms with van der Waals surface area (Å²) in [6.45, 7) is 2.93. The second-order valence-corrected chi connectivity index (χ2v) is 4.07. The molecule has 1 aromatic carbocycles. The summed E-state index contributed by atoms with van der Waals surface area (Å²) < 4.78 is 0. The van der Waals surface area contributed by atoms with Gasteiger partial charge in [0.25, 0.3) is 0 Å². The van der Waals surface area contributed by atoms with Gasteiger partial charge in [0, 0.05) is 36.2 Å². The van der Waals surface area contributed by atoms with Gasteiger partial charge in [0.2, 0.25) is 0 Å². The Morgan fingerprint density at radius 2 is 2.12 bits per heavy atom. The SMILES string of the molecule is Cc1ccc(N)cc1NCCc1ccccn1. The average Bonchev–Trinajstić information content (AvgIpc) is 2.35. The number of benzene rings is 1. The van der Waals surface area contributed by atoms with Crippen LogP contribution in [0, 0.1) is 6.92 Å². The van der Waals surface area contributed by atoms with E-state index in [-0.39, 0.29) is 0 Å². The fraction of sp³-hybridized carbons (Fsp3) is 0.214. The van der Waals surface area contributed by atoms with Gasteiger partial charge >= 0.3 is 0 Å². The highest BCUT2D eigenvalue weighted by molar-refractivity contribution is 5.59. The molecule has 0 atom stereocenters. The third-order valence-corrected chi connectivity index (χ3v) is 2.68. The lowest BCUT2D eigenvalue weighted by Gasteiger charge is -2.09. The zero-order valence-corrected chi connectivity index (χ0v) is 9.98. The molecular formula is C14H17N3. The van der Waals surface area contributed by atoms with Crippen LogP contribution in [0.5, 0.6) is 0 Å². The van der Waals surface area contributed by atoms with Crippen molar-refractivity contribution in [3.8, 4) is 0 Å². The summed E-state index contributed by atoms with van der Waals surface area (Å²) in [4.78, 5) is 4.29. The van der Waals surface area contributed by atoms with Gasteiger partial charge in [-0.1, -0.05) is 12.1 Å². The smallest absolute Gasteiger partial charge is 0.0421 e. The molecule has 1 heterocycles. The molecule has 0 aliphatic rings. The molecule has 2 aromatic rings. The lowest BCUT2D eigenvalue weighted by Crippen LogP contribution is -2.07. The maximum Gasteiger partial charge on any atom is 0.0421 e. The van der Waals surface area contributed by atoms with E-state index >= 15 is 0 Å². The Kier molecular flexibility index (Phi) is 3.60. The van der Waals surface area contributed by atoms with Crippen molar-refractivity contribution in [2.45, 2.75) is 13.3 Å². The van der Waals surface area contributed by atoms with Crippen molar-refractivity contribution in [1.82, 2.24) is 4.98 Å². The third kappa shape index (κ3) is 3.21. The number of nitrogens with zero attached hydrogens (tertiary/aromatic N) is 1. The van der Waals surface area contributed by atoms with Gasteiger partial charge in [-0.05, 0) is 36.8 Å². The molecule has 0 saturated carbocycles. The van der Waals surface area contributed by atoms with E-state index in [0.717, 1.165) is 30.0 Å². The molecule has 17 heavy (non-hydrogen) atoms. The number of pyridine rings is 1. The van der Waals surface area contributed by atoms with Crippen molar-refractivity contribution in [3.05, 3.63) is 53.9 Å². The zero-order chi connectivity index (χ0) is 12.1. The van der Waals surface area contributed by atoms with Crippen molar-refractivity contribution >= 4 is 11.4 Å². The number of anilines is 2. The van der Waals surface area contributed by atoms with Gasteiger partial charge in [-0.2, -0.15) is 0 Å². The molecular weight excluding hydrogens is 210 g/mol. The molecule has 0 saturated heterocycles. The maximum atomic E-state index is 5.76. The summed E-state index contributed by atoms with van der Waals surface area (Å²) in [5, 5.41) is 3.38. The highest BCUT2D eigenvalue weighted by atomic mass is 14.9. The molecule has 1 aromatic heterocycles. The highest BCUT2D eigenvalue weighted by Gasteiger charge is 1.98.